The van der Waals surface area contributed by atoms with Gasteiger partial charge in [-0.25, -0.2) is 4.79 Å². The number of ether oxygens (including phenoxy) is 3. The van der Waals surface area contributed by atoms with E-state index in [2.05, 4.69) is 0 Å². The number of aliphatic carboxylic acids is 1. The molecular formula is C19H16O6. The lowest BCUT2D eigenvalue weighted by Crippen LogP contribution is -2.15. The number of hydrogen-bond acceptors (Lipinski definition) is 5. The highest BCUT2D eigenvalue weighted by Gasteiger charge is 2.11. The minimum absolute atomic E-state index is 0.212. The van der Waals surface area contributed by atoms with Gasteiger partial charge in [0.15, 0.2) is 23.9 Å². The van der Waals surface area contributed by atoms with Crippen LogP contribution >= 0.6 is 0 Å². The van der Waals surface area contributed by atoms with Gasteiger partial charge in [-0.2, -0.15) is 0 Å². The highest BCUT2D eigenvalue weighted by atomic mass is 16.6. The predicted molar refractivity (Wildman–Crippen MR) is 90.4 cm³/mol. The normalized spacial score (nSPS) is 12.8. The number of fused-ring (bicyclic) bond motifs is 1. The lowest BCUT2D eigenvalue weighted by atomic mass is 10.1. The smallest absolute Gasteiger partial charge is 0.341 e. The molecule has 0 radical (unpaired) electrons. The molecule has 1 aliphatic heterocycles. The summed E-state index contributed by atoms with van der Waals surface area (Å²) < 4.78 is 16.0. The summed E-state index contributed by atoms with van der Waals surface area (Å²) >= 11 is 0. The maximum absolute atomic E-state index is 12.3. The maximum Gasteiger partial charge on any atom is 0.341 e. The van der Waals surface area contributed by atoms with Gasteiger partial charge < -0.3 is 19.3 Å². The second-order valence-corrected chi connectivity index (χ2v) is 5.31. The zero-order chi connectivity index (χ0) is 17.6. The van der Waals surface area contributed by atoms with E-state index in [-0.39, 0.29) is 5.78 Å². The van der Waals surface area contributed by atoms with E-state index in [1.807, 2.05) is 12.1 Å². The van der Waals surface area contributed by atoms with Crippen LogP contribution < -0.4 is 14.2 Å². The van der Waals surface area contributed by atoms with Crippen LogP contribution in [-0.4, -0.2) is 36.7 Å². The Labute approximate surface area is 144 Å². The Kier molecular flexibility index (Phi) is 4.99. The number of rotatable bonds is 6. The topological polar surface area (TPSA) is 82.1 Å². The Hall–Kier alpha value is -3.28. The zero-order valence-corrected chi connectivity index (χ0v) is 13.3. The number of carbonyl (C=O) groups excluding carboxylic acids is 1. The molecule has 0 atom stereocenters. The Morgan fingerprint density at radius 1 is 1.08 bits per heavy atom. The van der Waals surface area contributed by atoms with E-state index in [4.69, 9.17) is 19.3 Å². The van der Waals surface area contributed by atoms with Gasteiger partial charge in [-0.05, 0) is 35.9 Å². The van der Waals surface area contributed by atoms with Gasteiger partial charge in [-0.1, -0.05) is 24.3 Å². The summed E-state index contributed by atoms with van der Waals surface area (Å²) in [5.74, 6) is 0.398. The first-order chi connectivity index (χ1) is 12.1. The minimum Gasteiger partial charge on any atom is -0.486 e. The lowest BCUT2D eigenvalue weighted by molar-refractivity contribution is -0.139. The van der Waals surface area contributed by atoms with Crippen molar-refractivity contribution in [3.63, 3.8) is 0 Å². The molecule has 25 heavy (non-hydrogen) atoms. The van der Waals surface area contributed by atoms with E-state index in [9.17, 15) is 9.59 Å². The Balaban J connectivity index is 1.70. The van der Waals surface area contributed by atoms with Crippen LogP contribution in [0.5, 0.6) is 17.2 Å². The molecule has 0 saturated heterocycles. The molecular weight excluding hydrogens is 324 g/mol. The minimum atomic E-state index is -1.07. The summed E-state index contributed by atoms with van der Waals surface area (Å²) in [6, 6.07) is 11.9. The van der Waals surface area contributed by atoms with Gasteiger partial charge in [0.2, 0.25) is 0 Å². The van der Waals surface area contributed by atoms with Gasteiger partial charge >= 0.3 is 5.97 Å². The molecule has 0 saturated carbocycles. The van der Waals surface area contributed by atoms with E-state index in [0.29, 0.717) is 36.0 Å². The van der Waals surface area contributed by atoms with Crippen molar-refractivity contribution >= 4 is 17.8 Å². The van der Waals surface area contributed by atoms with Crippen LogP contribution in [0.15, 0.2) is 48.5 Å². The molecule has 128 valence electrons. The van der Waals surface area contributed by atoms with E-state index >= 15 is 0 Å². The van der Waals surface area contributed by atoms with E-state index in [1.54, 1.807) is 30.3 Å². The lowest BCUT2D eigenvalue weighted by Gasteiger charge is -2.18. The first-order valence-electron chi connectivity index (χ1n) is 7.68. The monoisotopic (exact) mass is 340 g/mol. The fourth-order valence-corrected chi connectivity index (χ4v) is 2.32. The standard InChI is InChI=1S/C19H16O6/c20-16(14-2-1-3-15(11-14)25-12-19(21)22)6-4-13-5-7-17-18(10-13)24-9-8-23-17/h1-7,10-11H,8-9,12H2,(H,21,22)/b6-4-. The van der Waals surface area contributed by atoms with Crippen LogP contribution in [-0.2, 0) is 4.79 Å². The van der Waals surface area contributed by atoms with Crippen molar-refractivity contribution < 1.29 is 28.9 Å². The highest BCUT2D eigenvalue weighted by molar-refractivity contribution is 6.07. The summed E-state index contributed by atoms with van der Waals surface area (Å²) in [5, 5.41) is 8.63. The number of carbonyl (C=O) groups is 2. The molecule has 0 bridgehead atoms. The average molecular weight is 340 g/mol. The first kappa shape index (κ1) is 16.6. The second kappa shape index (κ2) is 7.53. The van der Waals surface area contributed by atoms with Gasteiger partial charge in [0.05, 0.1) is 0 Å². The van der Waals surface area contributed by atoms with Crippen molar-refractivity contribution in [3.05, 3.63) is 59.7 Å². The van der Waals surface area contributed by atoms with Gasteiger partial charge in [0.25, 0.3) is 0 Å². The summed E-state index contributed by atoms with van der Waals surface area (Å²) in [6.07, 6.45) is 3.13. The summed E-state index contributed by atoms with van der Waals surface area (Å²) in [6.45, 7) is 0.577. The fourth-order valence-electron chi connectivity index (χ4n) is 2.32. The number of ketones is 1. The van der Waals surface area contributed by atoms with E-state index in [0.717, 1.165) is 5.56 Å². The molecule has 1 N–H and O–H groups in total. The van der Waals surface area contributed by atoms with Crippen molar-refractivity contribution in [1.82, 2.24) is 0 Å². The van der Waals surface area contributed by atoms with Gasteiger partial charge in [0, 0.05) is 5.56 Å². The third-order valence-corrected chi connectivity index (χ3v) is 3.47. The fraction of sp³-hybridized carbons (Fsp3) is 0.158. The van der Waals surface area contributed by atoms with Crippen molar-refractivity contribution in [2.45, 2.75) is 0 Å². The first-order valence-corrected chi connectivity index (χ1v) is 7.68. The SMILES string of the molecule is O=C(O)COc1cccc(C(=O)/C=C\c2ccc3c(c2)OCCO3)c1. The summed E-state index contributed by atoms with van der Waals surface area (Å²) in [7, 11) is 0. The molecule has 2 aromatic carbocycles. The van der Waals surface area contributed by atoms with Crippen molar-refractivity contribution in [1.29, 1.82) is 0 Å². The van der Waals surface area contributed by atoms with Crippen molar-refractivity contribution in [2.24, 2.45) is 0 Å². The average Bonchev–Trinajstić information content (AvgIpc) is 2.64. The second-order valence-electron chi connectivity index (χ2n) is 5.31. The predicted octanol–water partition coefficient (Wildman–Crippen LogP) is 2.82. The van der Waals surface area contributed by atoms with Gasteiger partial charge in [-0.15, -0.1) is 0 Å². The number of carboxylic acids is 1. The molecule has 0 fully saturated rings. The zero-order valence-electron chi connectivity index (χ0n) is 13.3. The van der Waals surface area contributed by atoms with Gasteiger partial charge in [-0.3, -0.25) is 4.79 Å². The number of hydrogen-bond donors (Lipinski definition) is 1. The van der Waals surface area contributed by atoms with Crippen LogP contribution in [0.1, 0.15) is 15.9 Å². The van der Waals surface area contributed by atoms with E-state index in [1.165, 1.54) is 12.1 Å². The molecule has 0 aromatic heterocycles. The van der Waals surface area contributed by atoms with Crippen molar-refractivity contribution in [2.75, 3.05) is 19.8 Å². The van der Waals surface area contributed by atoms with Crippen LogP contribution in [0.25, 0.3) is 6.08 Å². The molecule has 0 spiro atoms. The van der Waals surface area contributed by atoms with Crippen LogP contribution in [0.3, 0.4) is 0 Å². The molecule has 6 heteroatoms. The molecule has 0 amide bonds. The summed E-state index contributed by atoms with van der Waals surface area (Å²) in [5.41, 5.74) is 1.23. The summed E-state index contributed by atoms with van der Waals surface area (Å²) in [4.78, 5) is 22.8. The number of allylic oxidation sites excluding steroid dienone is 1. The van der Waals surface area contributed by atoms with Crippen molar-refractivity contribution in [3.8, 4) is 17.2 Å². The van der Waals surface area contributed by atoms with Gasteiger partial charge in [0.1, 0.15) is 19.0 Å². The van der Waals surface area contributed by atoms with Crippen LogP contribution in [0.2, 0.25) is 0 Å². The number of benzene rings is 2. The third kappa shape index (κ3) is 4.38. The van der Waals surface area contributed by atoms with Crippen LogP contribution in [0.4, 0.5) is 0 Å². The quantitative estimate of drug-likeness (QED) is 0.643. The maximum atomic E-state index is 12.3. The molecule has 1 aliphatic rings. The molecule has 3 rings (SSSR count). The Morgan fingerprint density at radius 3 is 2.68 bits per heavy atom. The Bertz CT molecular complexity index is 824. The number of carboxylic acid groups (broad SMARTS) is 1. The molecule has 6 nitrogen and oxygen atoms in total. The molecule has 1 heterocycles. The molecule has 2 aromatic rings. The molecule has 0 unspecified atom stereocenters. The third-order valence-electron chi connectivity index (χ3n) is 3.47. The Morgan fingerprint density at radius 2 is 1.88 bits per heavy atom. The molecule has 0 aliphatic carbocycles. The highest BCUT2D eigenvalue weighted by Crippen LogP contribution is 2.31. The van der Waals surface area contributed by atoms with Crippen LogP contribution in [0, 0.1) is 0 Å². The van der Waals surface area contributed by atoms with E-state index < -0.39 is 12.6 Å². The largest absolute Gasteiger partial charge is 0.486 e.